The minimum atomic E-state index is 1.05. The molecule has 0 aliphatic carbocycles. The van der Waals surface area contributed by atoms with E-state index in [0.29, 0.717) is 0 Å². The van der Waals surface area contributed by atoms with Gasteiger partial charge in [0.2, 0.25) is 0 Å². The van der Waals surface area contributed by atoms with Gasteiger partial charge in [0, 0.05) is 0 Å². The van der Waals surface area contributed by atoms with Gasteiger partial charge in [-0.05, 0) is 24.0 Å². The van der Waals surface area contributed by atoms with E-state index >= 15 is 0 Å². The highest BCUT2D eigenvalue weighted by atomic mass is 14.0. The van der Waals surface area contributed by atoms with Crippen LogP contribution in [-0.4, -0.2) is 0 Å². The zero-order valence-corrected chi connectivity index (χ0v) is 8.45. The third-order valence-corrected chi connectivity index (χ3v) is 2.13. The van der Waals surface area contributed by atoms with Crippen LogP contribution in [0.2, 0.25) is 0 Å². The summed E-state index contributed by atoms with van der Waals surface area (Å²) >= 11 is 0. The standard InChI is InChI=1S/C14H16/c1-3-5-6-7-11-14-12-9-8-10-13(14)4-2/h3-6,8-10,12H,1-2,7,11H2/b6-5+. The summed E-state index contributed by atoms with van der Waals surface area (Å²) in [6.45, 7) is 7.44. The average Bonchev–Trinajstić information content (AvgIpc) is 2.25. The molecule has 0 heteroatoms. The van der Waals surface area contributed by atoms with Gasteiger partial charge in [-0.1, -0.05) is 61.7 Å². The van der Waals surface area contributed by atoms with Gasteiger partial charge in [0.1, 0.15) is 0 Å². The minimum absolute atomic E-state index is 1.05. The number of hydrogen-bond donors (Lipinski definition) is 0. The van der Waals surface area contributed by atoms with Crippen molar-refractivity contribution in [2.24, 2.45) is 0 Å². The Hall–Kier alpha value is -1.56. The first-order chi connectivity index (χ1) is 6.88. The van der Waals surface area contributed by atoms with Crippen molar-refractivity contribution >= 4 is 6.08 Å². The lowest BCUT2D eigenvalue weighted by atomic mass is 10.0. The molecule has 0 radical (unpaired) electrons. The maximum absolute atomic E-state index is 3.80. The summed E-state index contributed by atoms with van der Waals surface area (Å²) in [6.07, 6.45) is 9.94. The first-order valence-corrected chi connectivity index (χ1v) is 4.86. The Morgan fingerprint density at radius 2 is 1.93 bits per heavy atom. The monoisotopic (exact) mass is 184 g/mol. The number of benzene rings is 1. The van der Waals surface area contributed by atoms with E-state index in [2.05, 4.69) is 37.4 Å². The largest absolute Gasteiger partial charge is 0.0991 e. The lowest BCUT2D eigenvalue weighted by Crippen LogP contribution is -1.87. The summed E-state index contributed by atoms with van der Waals surface area (Å²) in [4.78, 5) is 0. The van der Waals surface area contributed by atoms with E-state index in [9.17, 15) is 0 Å². The molecule has 0 bridgehead atoms. The Morgan fingerprint density at radius 3 is 2.64 bits per heavy atom. The smallest absolute Gasteiger partial charge is 0.0230 e. The van der Waals surface area contributed by atoms with Crippen LogP contribution in [0.3, 0.4) is 0 Å². The maximum atomic E-state index is 3.80. The summed E-state index contributed by atoms with van der Waals surface area (Å²) in [7, 11) is 0. The van der Waals surface area contributed by atoms with Crippen LogP contribution in [-0.2, 0) is 6.42 Å². The molecule has 72 valence electrons. The summed E-state index contributed by atoms with van der Waals surface area (Å²) in [6, 6.07) is 8.36. The second kappa shape index (κ2) is 5.98. The first kappa shape index (κ1) is 10.5. The van der Waals surface area contributed by atoms with Gasteiger partial charge < -0.3 is 0 Å². The van der Waals surface area contributed by atoms with Crippen molar-refractivity contribution in [2.45, 2.75) is 12.8 Å². The molecular weight excluding hydrogens is 168 g/mol. The van der Waals surface area contributed by atoms with E-state index in [1.54, 1.807) is 6.08 Å². The van der Waals surface area contributed by atoms with Crippen molar-refractivity contribution < 1.29 is 0 Å². The Bertz CT molecular complexity index is 332. The third kappa shape index (κ3) is 3.06. The molecule has 0 N–H and O–H groups in total. The third-order valence-electron chi connectivity index (χ3n) is 2.13. The molecule has 0 unspecified atom stereocenters. The number of rotatable bonds is 5. The van der Waals surface area contributed by atoms with Gasteiger partial charge >= 0.3 is 0 Å². The summed E-state index contributed by atoms with van der Waals surface area (Å²) in [5, 5.41) is 0. The molecule has 0 amide bonds. The SMILES string of the molecule is C=C/C=C/CCc1ccccc1C=C. The van der Waals surface area contributed by atoms with Crippen LogP contribution >= 0.6 is 0 Å². The maximum Gasteiger partial charge on any atom is -0.0230 e. The van der Waals surface area contributed by atoms with Crippen molar-refractivity contribution in [3.63, 3.8) is 0 Å². The van der Waals surface area contributed by atoms with Gasteiger partial charge in [0.15, 0.2) is 0 Å². The van der Waals surface area contributed by atoms with E-state index in [4.69, 9.17) is 0 Å². The average molecular weight is 184 g/mol. The van der Waals surface area contributed by atoms with Gasteiger partial charge in [0.25, 0.3) is 0 Å². The number of allylic oxidation sites excluding steroid dienone is 3. The Kier molecular flexibility index (Phi) is 4.49. The molecule has 0 aromatic heterocycles. The van der Waals surface area contributed by atoms with E-state index in [0.717, 1.165) is 12.8 Å². The Labute approximate surface area is 86.3 Å². The first-order valence-electron chi connectivity index (χ1n) is 4.86. The molecule has 0 heterocycles. The molecule has 0 nitrogen and oxygen atoms in total. The fourth-order valence-corrected chi connectivity index (χ4v) is 1.39. The molecule has 0 aliphatic rings. The fraction of sp³-hybridized carbons (Fsp3) is 0.143. The summed E-state index contributed by atoms with van der Waals surface area (Å²) in [5.74, 6) is 0. The second-order valence-corrected chi connectivity index (χ2v) is 3.11. The molecule has 0 aliphatic heterocycles. The highest BCUT2D eigenvalue weighted by molar-refractivity contribution is 5.51. The Balaban J connectivity index is 2.61. The van der Waals surface area contributed by atoms with Gasteiger partial charge in [-0.25, -0.2) is 0 Å². The quantitative estimate of drug-likeness (QED) is 0.607. The fourth-order valence-electron chi connectivity index (χ4n) is 1.39. The van der Waals surface area contributed by atoms with Crippen molar-refractivity contribution in [2.75, 3.05) is 0 Å². The molecule has 0 atom stereocenters. The van der Waals surface area contributed by atoms with E-state index in [1.807, 2.05) is 18.2 Å². The van der Waals surface area contributed by atoms with Crippen LogP contribution in [0.5, 0.6) is 0 Å². The lowest BCUT2D eigenvalue weighted by Gasteiger charge is -2.02. The normalized spacial score (nSPS) is 10.3. The molecule has 0 saturated heterocycles. The van der Waals surface area contributed by atoms with Crippen LogP contribution in [0.1, 0.15) is 17.5 Å². The molecule has 1 aromatic carbocycles. The molecular formula is C14H16. The van der Waals surface area contributed by atoms with Crippen molar-refractivity contribution in [3.05, 3.63) is 66.8 Å². The molecule has 1 rings (SSSR count). The van der Waals surface area contributed by atoms with Gasteiger partial charge in [-0.3, -0.25) is 0 Å². The highest BCUT2D eigenvalue weighted by Crippen LogP contribution is 2.12. The summed E-state index contributed by atoms with van der Waals surface area (Å²) in [5.41, 5.74) is 2.59. The zero-order chi connectivity index (χ0) is 10.2. The van der Waals surface area contributed by atoms with Crippen LogP contribution in [0.15, 0.2) is 55.7 Å². The molecule has 0 spiro atoms. The van der Waals surface area contributed by atoms with E-state index in [1.165, 1.54) is 11.1 Å². The predicted octanol–water partition coefficient (Wildman–Crippen LogP) is 4.00. The van der Waals surface area contributed by atoms with Crippen LogP contribution in [0.25, 0.3) is 6.08 Å². The van der Waals surface area contributed by atoms with Crippen molar-refractivity contribution in [3.8, 4) is 0 Å². The molecule has 1 aromatic rings. The van der Waals surface area contributed by atoms with E-state index in [-0.39, 0.29) is 0 Å². The number of hydrogen-bond acceptors (Lipinski definition) is 0. The summed E-state index contributed by atoms with van der Waals surface area (Å²) < 4.78 is 0. The predicted molar refractivity (Wildman–Crippen MR) is 64.2 cm³/mol. The van der Waals surface area contributed by atoms with Crippen LogP contribution in [0.4, 0.5) is 0 Å². The van der Waals surface area contributed by atoms with E-state index < -0.39 is 0 Å². The second-order valence-electron chi connectivity index (χ2n) is 3.11. The van der Waals surface area contributed by atoms with Gasteiger partial charge in [0.05, 0.1) is 0 Å². The highest BCUT2D eigenvalue weighted by Gasteiger charge is 1.95. The molecule has 0 fully saturated rings. The molecule has 0 saturated carbocycles. The minimum Gasteiger partial charge on any atom is -0.0991 e. The number of aryl methyl sites for hydroxylation is 1. The van der Waals surface area contributed by atoms with Crippen molar-refractivity contribution in [1.82, 2.24) is 0 Å². The topological polar surface area (TPSA) is 0 Å². The van der Waals surface area contributed by atoms with Gasteiger partial charge in [-0.2, -0.15) is 0 Å². The van der Waals surface area contributed by atoms with Crippen LogP contribution < -0.4 is 0 Å². The lowest BCUT2D eigenvalue weighted by molar-refractivity contribution is 0.998. The van der Waals surface area contributed by atoms with Gasteiger partial charge in [-0.15, -0.1) is 0 Å². The molecule has 14 heavy (non-hydrogen) atoms. The van der Waals surface area contributed by atoms with Crippen molar-refractivity contribution in [1.29, 1.82) is 0 Å². The van der Waals surface area contributed by atoms with Crippen LogP contribution in [0, 0.1) is 0 Å². The Morgan fingerprint density at radius 1 is 1.14 bits per heavy atom. The zero-order valence-electron chi connectivity index (χ0n) is 8.45.